The van der Waals surface area contributed by atoms with Gasteiger partial charge in [0.2, 0.25) is 5.78 Å². The number of aryl methyl sites for hydroxylation is 1. The Balaban J connectivity index is 1.87. The van der Waals surface area contributed by atoms with Gasteiger partial charge >= 0.3 is 0 Å². The van der Waals surface area contributed by atoms with Crippen LogP contribution in [0.15, 0.2) is 47.5 Å². The Kier molecular flexibility index (Phi) is 3.08. The first-order valence-electron chi connectivity index (χ1n) is 7.49. The van der Waals surface area contributed by atoms with E-state index in [1.54, 1.807) is 12.1 Å². The quantitative estimate of drug-likeness (QED) is 0.872. The summed E-state index contributed by atoms with van der Waals surface area (Å²) in [5, 5.41) is 11.6. The van der Waals surface area contributed by atoms with Crippen molar-refractivity contribution in [2.24, 2.45) is 4.99 Å². The highest BCUT2D eigenvalue weighted by atomic mass is 35.5. The number of nitrogens with zero attached hydrogens (tertiary/aromatic N) is 2. The van der Waals surface area contributed by atoms with Crippen molar-refractivity contribution < 1.29 is 9.90 Å². The third kappa shape index (κ3) is 2.10. The number of anilines is 1. The molecule has 0 aliphatic carbocycles. The van der Waals surface area contributed by atoms with Crippen LogP contribution in [0.1, 0.15) is 22.3 Å². The van der Waals surface area contributed by atoms with E-state index in [1.807, 2.05) is 42.2 Å². The molecular weight excluding hydrogens is 312 g/mol. The largest absolute Gasteiger partial charge is 0.374 e. The minimum Gasteiger partial charge on any atom is -0.374 e. The molecule has 2 aromatic carbocycles. The zero-order valence-corrected chi connectivity index (χ0v) is 13.3. The van der Waals surface area contributed by atoms with Gasteiger partial charge in [0.15, 0.2) is 5.60 Å². The lowest BCUT2D eigenvalue weighted by Gasteiger charge is -2.29. The number of hydrogen-bond acceptors (Lipinski definition) is 4. The number of carbonyl (C=O) groups excluding carboxylic acids is 1. The summed E-state index contributed by atoms with van der Waals surface area (Å²) in [7, 11) is 0. The highest BCUT2D eigenvalue weighted by Crippen LogP contribution is 2.39. The molecule has 1 N–H and O–H groups in total. The Morgan fingerprint density at radius 3 is 2.87 bits per heavy atom. The van der Waals surface area contributed by atoms with Gasteiger partial charge in [-0.05, 0) is 37.3 Å². The lowest BCUT2D eigenvalue weighted by Crippen LogP contribution is -2.48. The number of aliphatic imine (C=N–C) groups is 1. The SMILES string of the molecule is Cc1ccc2c(c1)C(=O)[C@]1(O)CCN(c3cccc(Cl)c3)C1=N2. The first kappa shape index (κ1) is 14.4. The molecule has 1 saturated heterocycles. The van der Waals surface area contributed by atoms with Crippen LogP contribution >= 0.6 is 11.6 Å². The Morgan fingerprint density at radius 1 is 1.26 bits per heavy atom. The number of rotatable bonds is 1. The van der Waals surface area contributed by atoms with Crippen LogP contribution in [0.5, 0.6) is 0 Å². The number of Topliss-reactive ketones (excluding diaryl/α,β-unsaturated/α-hetero) is 1. The fourth-order valence-electron chi connectivity index (χ4n) is 3.24. The van der Waals surface area contributed by atoms with Crippen molar-refractivity contribution in [2.45, 2.75) is 18.9 Å². The molecule has 2 aliphatic rings. The van der Waals surface area contributed by atoms with Crippen LogP contribution in [0.4, 0.5) is 11.4 Å². The molecule has 0 unspecified atom stereocenters. The zero-order valence-electron chi connectivity index (χ0n) is 12.6. The van der Waals surface area contributed by atoms with E-state index in [0.29, 0.717) is 35.1 Å². The number of amidine groups is 1. The highest BCUT2D eigenvalue weighted by molar-refractivity contribution is 6.31. The molecule has 4 nitrogen and oxygen atoms in total. The summed E-state index contributed by atoms with van der Waals surface area (Å²) in [6.45, 7) is 2.44. The first-order chi connectivity index (χ1) is 11.0. The molecule has 4 rings (SSSR count). The van der Waals surface area contributed by atoms with E-state index in [-0.39, 0.29) is 5.78 Å². The van der Waals surface area contributed by atoms with Crippen LogP contribution in [0.25, 0.3) is 0 Å². The van der Waals surface area contributed by atoms with Gasteiger partial charge in [-0.25, -0.2) is 4.99 Å². The fourth-order valence-corrected chi connectivity index (χ4v) is 3.43. The van der Waals surface area contributed by atoms with Gasteiger partial charge in [0, 0.05) is 29.2 Å². The minimum absolute atomic E-state index is 0.272. The molecule has 1 fully saturated rings. The number of ketones is 1. The Hall–Kier alpha value is -2.17. The summed E-state index contributed by atoms with van der Waals surface area (Å²) >= 11 is 6.06. The Labute approximate surface area is 139 Å². The van der Waals surface area contributed by atoms with E-state index in [1.165, 1.54) is 0 Å². The molecule has 2 heterocycles. The predicted octanol–water partition coefficient (Wildman–Crippen LogP) is 3.52. The molecule has 2 aliphatic heterocycles. The van der Waals surface area contributed by atoms with Crippen LogP contribution in [-0.4, -0.2) is 28.9 Å². The third-order valence-electron chi connectivity index (χ3n) is 4.44. The van der Waals surface area contributed by atoms with E-state index in [0.717, 1.165) is 11.3 Å². The predicted molar refractivity (Wildman–Crippen MR) is 91.0 cm³/mol. The molecular formula is C18H15ClN2O2. The lowest BCUT2D eigenvalue weighted by atomic mass is 9.87. The molecule has 1 atom stereocenters. The zero-order chi connectivity index (χ0) is 16.2. The maximum Gasteiger partial charge on any atom is 0.204 e. The van der Waals surface area contributed by atoms with Crippen LogP contribution < -0.4 is 4.90 Å². The van der Waals surface area contributed by atoms with Gasteiger partial charge in [0.05, 0.1) is 5.69 Å². The Bertz CT molecular complexity index is 862. The number of hydrogen-bond donors (Lipinski definition) is 1. The molecule has 0 bridgehead atoms. The standard InChI is InChI=1S/C18H15ClN2O2/c1-11-5-6-15-14(9-11)16(22)18(23)7-8-21(17(18)20-15)13-4-2-3-12(19)10-13/h2-6,9-10,23H,7-8H2,1H3/t18-/m1/s1. The molecule has 0 radical (unpaired) electrons. The fraction of sp³-hybridized carbons (Fsp3) is 0.222. The minimum atomic E-state index is -1.55. The van der Waals surface area contributed by atoms with Gasteiger partial charge in [0.25, 0.3) is 0 Å². The third-order valence-corrected chi connectivity index (χ3v) is 4.68. The van der Waals surface area contributed by atoms with Gasteiger partial charge in [-0.1, -0.05) is 29.3 Å². The van der Waals surface area contributed by atoms with E-state index in [9.17, 15) is 9.90 Å². The molecule has 0 spiro atoms. The van der Waals surface area contributed by atoms with Gasteiger partial charge in [-0.15, -0.1) is 0 Å². The topological polar surface area (TPSA) is 52.9 Å². The molecule has 116 valence electrons. The average molecular weight is 327 g/mol. The van der Waals surface area contributed by atoms with Gasteiger partial charge in [-0.3, -0.25) is 4.79 Å². The molecule has 0 saturated carbocycles. The number of benzene rings is 2. The monoisotopic (exact) mass is 326 g/mol. The molecule has 23 heavy (non-hydrogen) atoms. The Morgan fingerprint density at radius 2 is 2.09 bits per heavy atom. The van der Waals surface area contributed by atoms with Crippen molar-refractivity contribution >= 4 is 34.6 Å². The van der Waals surface area contributed by atoms with Crippen molar-refractivity contribution in [1.82, 2.24) is 0 Å². The summed E-state index contributed by atoms with van der Waals surface area (Å²) in [5.41, 5.74) is 1.35. The van der Waals surface area contributed by atoms with Crippen molar-refractivity contribution in [3.63, 3.8) is 0 Å². The second kappa shape index (κ2) is 4.91. The van der Waals surface area contributed by atoms with Crippen molar-refractivity contribution in [3.05, 3.63) is 58.6 Å². The van der Waals surface area contributed by atoms with Crippen LogP contribution in [0, 0.1) is 6.92 Å². The van der Waals surface area contributed by atoms with E-state index in [2.05, 4.69) is 4.99 Å². The van der Waals surface area contributed by atoms with Gasteiger partial charge in [0.1, 0.15) is 5.84 Å². The molecule has 0 amide bonds. The van der Waals surface area contributed by atoms with Gasteiger partial charge in [-0.2, -0.15) is 0 Å². The lowest BCUT2D eigenvalue weighted by molar-refractivity contribution is 0.0602. The van der Waals surface area contributed by atoms with E-state index >= 15 is 0 Å². The van der Waals surface area contributed by atoms with Crippen LogP contribution in [0.3, 0.4) is 0 Å². The highest BCUT2D eigenvalue weighted by Gasteiger charge is 2.52. The maximum absolute atomic E-state index is 12.8. The smallest absolute Gasteiger partial charge is 0.204 e. The average Bonchev–Trinajstić information content (AvgIpc) is 2.87. The number of aliphatic hydroxyl groups is 1. The molecule has 0 aromatic heterocycles. The summed E-state index contributed by atoms with van der Waals surface area (Å²) in [6, 6.07) is 12.9. The number of halogens is 1. The molecule has 5 heteroatoms. The summed E-state index contributed by atoms with van der Waals surface area (Å²) < 4.78 is 0. The van der Waals surface area contributed by atoms with Crippen LogP contribution in [-0.2, 0) is 0 Å². The molecule has 2 aromatic rings. The number of carbonyl (C=O) groups is 1. The van der Waals surface area contributed by atoms with E-state index < -0.39 is 5.60 Å². The van der Waals surface area contributed by atoms with Crippen molar-refractivity contribution in [3.8, 4) is 0 Å². The summed E-state index contributed by atoms with van der Waals surface area (Å²) in [6.07, 6.45) is 0.324. The van der Waals surface area contributed by atoms with Crippen molar-refractivity contribution in [2.75, 3.05) is 11.4 Å². The van der Waals surface area contributed by atoms with Crippen LogP contribution in [0.2, 0.25) is 5.02 Å². The summed E-state index contributed by atoms with van der Waals surface area (Å²) in [4.78, 5) is 19.3. The number of fused-ring (bicyclic) bond motifs is 2. The van der Waals surface area contributed by atoms with E-state index in [4.69, 9.17) is 11.6 Å². The van der Waals surface area contributed by atoms with Crippen molar-refractivity contribution in [1.29, 1.82) is 0 Å². The maximum atomic E-state index is 12.8. The summed E-state index contributed by atoms with van der Waals surface area (Å²) in [5.74, 6) is 0.117. The van der Waals surface area contributed by atoms with Gasteiger partial charge < -0.3 is 10.0 Å². The first-order valence-corrected chi connectivity index (χ1v) is 7.87. The second-order valence-corrected chi connectivity index (χ2v) is 6.46. The normalized spacial score (nSPS) is 22.7. The second-order valence-electron chi connectivity index (χ2n) is 6.03.